The Bertz CT molecular complexity index is 513. The van der Waals surface area contributed by atoms with Gasteiger partial charge in [0.05, 0.1) is 0 Å². The van der Waals surface area contributed by atoms with Crippen molar-refractivity contribution in [3.63, 3.8) is 0 Å². The van der Waals surface area contributed by atoms with Gasteiger partial charge in [0, 0.05) is 33.7 Å². The van der Waals surface area contributed by atoms with E-state index >= 15 is 0 Å². The summed E-state index contributed by atoms with van der Waals surface area (Å²) in [6.07, 6.45) is 8.58. The Labute approximate surface area is 140 Å². The fraction of sp³-hybridized carbons (Fsp3) is 0.438. The second-order valence-corrected chi connectivity index (χ2v) is 7.32. The van der Waals surface area contributed by atoms with Crippen molar-refractivity contribution < 1.29 is 4.79 Å². The summed E-state index contributed by atoms with van der Waals surface area (Å²) in [4.78, 5) is 11.7. The lowest BCUT2D eigenvalue weighted by Crippen LogP contribution is -2.24. The summed E-state index contributed by atoms with van der Waals surface area (Å²) in [5.74, 6) is 0.888. The molecular formula is C16H19Cl2NOS. The molecule has 21 heavy (non-hydrogen) atoms. The molecule has 0 unspecified atom stereocenters. The van der Waals surface area contributed by atoms with Crippen molar-refractivity contribution in [1.82, 2.24) is 5.32 Å². The minimum Gasteiger partial charge on any atom is -0.352 e. The van der Waals surface area contributed by atoms with Crippen LogP contribution in [0.15, 0.2) is 24.3 Å². The Balaban J connectivity index is 1.69. The van der Waals surface area contributed by atoms with Crippen molar-refractivity contribution in [2.45, 2.75) is 30.9 Å². The molecule has 5 heteroatoms. The Morgan fingerprint density at radius 1 is 1.33 bits per heavy atom. The van der Waals surface area contributed by atoms with Gasteiger partial charge in [-0.1, -0.05) is 42.1 Å². The van der Waals surface area contributed by atoms with Gasteiger partial charge < -0.3 is 5.32 Å². The molecule has 1 aliphatic rings. The minimum atomic E-state index is -0.0898. The Kier molecular flexibility index (Phi) is 6.94. The quantitative estimate of drug-likeness (QED) is 0.593. The molecule has 1 aliphatic carbocycles. The van der Waals surface area contributed by atoms with Crippen molar-refractivity contribution in [2.75, 3.05) is 12.3 Å². The first-order chi connectivity index (χ1) is 10.1. The van der Waals surface area contributed by atoms with Gasteiger partial charge in [-0.15, -0.1) is 0 Å². The maximum atomic E-state index is 11.7. The first kappa shape index (κ1) is 16.7. The molecule has 1 saturated carbocycles. The lowest BCUT2D eigenvalue weighted by atomic mass is 10.2. The van der Waals surface area contributed by atoms with Gasteiger partial charge in [0.15, 0.2) is 0 Å². The molecule has 0 aromatic heterocycles. The fourth-order valence-corrected chi connectivity index (χ4v) is 4.01. The van der Waals surface area contributed by atoms with Gasteiger partial charge in [-0.3, -0.25) is 4.79 Å². The number of thioether (sulfide) groups is 1. The third-order valence-electron chi connectivity index (χ3n) is 3.43. The highest BCUT2D eigenvalue weighted by Gasteiger charge is 2.14. The van der Waals surface area contributed by atoms with Crippen molar-refractivity contribution in [3.05, 3.63) is 39.9 Å². The number of carbonyl (C=O) groups is 1. The molecule has 0 radical (unpaired) electrons. The Morgan fingerprint density at radius 2 is 2.10 bits per heavy atom. The monoisotopic (exact) mass is 343 g/mol. The third-order valence-corrected chi connectivity index (χ3v) is 5.38. The number of amides is 1. The van der Waals surface area contributed by atoms with Crippen LogP contribution in [0, 0.1) is 0 Å². The van der Waals surface area contributed by atoms with Crippen LogP contribution in [0.3, 0.4) is 0 Å². The second kappa shape index (κ2) is 8.72. The average Bonchev–Trinajstić information content (AvgIpc) is 2.96. The van der Waals surface area contributed by atoms with Crippen LogP contribution < -0.4 is 5.32 Å². The summed E-state index contributed by atoms with van der Waals surface area (Å²) in [5, 5.41) is 4.82. The molecule has 0 saturated heterocycles. The van der Waals surface area contributed by atoms with E-state index in [1.165, 1.54) is 31.8 Å². The average molecular weight is 344 g/mol. The highest BCUT2D eigenvalue weighted by Crippen LogP contribution is 2.28. The molecule has 0 atom stereocenters. The zero-order valence-corrected chi connectivity index (χ0v) is 14.1. The predicted molar refractivity (Wildman–Crippen MR) is 93.2 cm³/mol. The van der Waals surface area contributed by atoms with E-state index in [9.17, 15) is 4.79 Å². The van der Waals surface area contributed by atoms with Crippen molar-refractivity contribution >= 4 is 46.9 Å². The molecule has 0 spiro atoms. The van der Waals surface area contributed by atoms with E-state index in [0.717, 1.165) is 16.6 Å². The summed E-state index contributed by atoms with van der Waals surface area (Å²) in [7, 11) is 0. The van der Waals surface area contributed by atoms with E-state index in [0.29, 0.717) is 16.6 Å². The van der Waals surface area contributed by atoms with Crippen molar-refractivity contribution in [2.24, 2.45) is 0 Å². The molecule has 1 amide bonds. The summed E-state index contributed by atoms with van der Waals surface area (Å²) in [6, 6.07) is 5.21. The Morgan fingerprint density at radius 3 is 2.81 bits per heavy atom. The molecule has 114 valence electrons. The molecular weight excluding hydrogens is 325 g/mol. The van der Waals surface area contributed by atoms with E-state index in [1.807, 2.05) is 11.8 Å². The number of hydrogen-bond acceptors (Lipinski definition) is 2. The predicted octanol–water partition coefficient (Wildman–Crippen LogP) is 4.80. The van der Waals surface area contributed by atoms with Gasteiger partial charge in [0.25, 0.3) is 0 Å². The fourth-order valence-electron chi connectivity index (χ4n) is 2.32. The number of nitrogens with one attached hydrogen (secondary N) is 1. The van der Waals surface area contributed by atoms with Crippen LogP contribution in [-0.4, -0.2) is 23.5 Å². The molecule has 1 aromatic carbocycles. The minimum absolute atomic E-state index is 0.0898. The van der Waals surface area contributed by atoms with Gasteiger partial charge >= 0.3 is 0 Å². The maximum absolute atomic E-state index is 11.7. The van der Waals surface area contributed by atoms with Gasteiger partial charge in [-0.25, -0.2) is 0 Å². The number of benzene rings is 1. The lowest BCUT2D eigenvalue weighted by molar-refractivity contribution is -0.116. The van der Waals surface area contributed by atoms with E-state index in [1.54, 1.807) is 24.3 Å². The highest BCUT2D eigenvalue weighted by molar-refractivity contribution is 7.99. The van der Waals surface area contributed by atoms with Crippen molar-refractivity contribution in [3.8, 4) is 0 Å². The standard InChI is InChI=1S/C16H19Cl2NOS/c17-13-7-5-12(15(18)11-13)6-8-16(20)19-9-10-21-14-3-1-2-4-14/h5-8,11,14H,1-4,9-10H2,(H,19,20)/b8-6+. The topological polar surface area (TPSA) is 29.1 Å². The van der Waals surface area contributed by atoms with Gasteiger partial charge in [-0.05, 0) is 36.6 Å². The summed E-state index contributed by atoms with van der Waals surface area (Å²) in [6.45, 7) is 0.707. The SMILES string of the molecule is O=C(/C=C/c1ccc(Cl)cc1Cl)NCCSC1CCCC1. The van der Waals surface area contributed by atoms with Crippen LogP contribution in [0.2, 0.25) is 10.0 Å². The number of rotatable bonds is 6. The maximum Gasteiger partial charge on any atom is 0.244 e. The van der Waals surface area contributed by atoms with Crippen molar-refractivity contribution in [1.29, 1.82) is 0 Å². The molecule has 0 bridgehead atoms. The highest BCUT2D eigenvalue weighted by atomic mass is 35.5. The summed E-state index contributed by atoms with van der Waals surface area (Å²) >= 11 is 13.8. The van der Waals surface area contributed by atoms with Crippen LogP contribution in [0.4, 0.5) is 0 Å². The molecule has 1 aromatic rings. The smallest absolute Gasteiger partial charge is 0.244 e. The van der Waals surface area contributed by atoms with Crippen LogP contribution in [-0.2, 0) is 4.79 Å². The van der Waals surface area contributed by atoms with Gasteiger partial charge in [0.2, 0.25) is 5.91 Å². The van der Waals surface area contributed by atoms with Crippen LogP contribution >= 0.6 is 35.0 Å². The van der Waals surface area contributed by atoms with E-state index in [4.69, 9.17) is 23.2 Å². The third kappa shape index (κ3) is 5.93. The molecule has 2 rings (SSSR count). The Hall–Kier alpha value is -0.640. The number of hydrogen-bond donors (Lipinski definition) is 1. The zero-order valence-electron chi connectivity index (χ0n) is 11.8. The summed E-state index contributed by atoms with van der Waals surface area (Å²) < 4.78 is 0. The van der Waals surface area contributed by atoms with Gasteiger partial charge in [-0.2, -0.15) is 11.8 Å². The summed E-state index contributed by atoms with van der Waals surface area (Å²) in [5.41, 5.74) is 0.788. The zero-order chi connectivity index (χ0) is 15.1. The van der Waals surface area contributed by atoms with Gasteiger partial charge in [0.1, 0.15) is 0 Å². The molecule has 1 N–H and O–H groups in total. The molecule has 0 aliphatic heterocycles. The normalized spacial score (nSPS) is 15.7. The van der Waals surface area contributed by atoms with Crippen LogP contribution in [0.25, 0.3) is 6.08 Å². The van der Waals surface area contributed by atoms with E-state index in [2.05, 4.69) is 5.32 Å². The molecule has 0 heterocycles. The van der Waals surface area contributed by atoms with Crippen LogP contribution in [0.5, 0.6) is 0 Å². The van der Waals surface area contributed by atoms with E-state index < -0.39 is 0 Å². The number of carbonyl (C=O) groups excluding carboxylic acids is 1. The molecule has 2 nitrogen and oxygen atoms in total. The van der Waals surface area contributed by atoms with Crippen LogP contribution in [0.1, 0.15) is 31.2 Å². The largest absolute Gasteiger partial charge is 0.352 e. The second-order valence-electron chi connectivity index (χ2n) is 5.07. The molecule has 1 fully saturated rings. The first-order valence-electron chi connectivity index (χ1n) is 7.18. The van der Waals surface area contributed by atoms with E-state index in [-0.39, 0.29) is 5.91 Å². The first-order valence-corrected chi connectivity index (χ1v) is 8.98. The number of halogens is 2. The lowest BCUT2D eigenvalue weighted by Gasteiger charge is -2.08.